The second kappa shape index (κ2) is 26.8. The first-order chi connectivity index (χ1) is 37.6. The first-order valence-electron chi connectivity index (χ1n) is 27.1. The molecule has 5 amide bonds. The number of nitrogens with one attached hydrogen (secondary N) is 4. The lowest BCUT2D eigenvalue weighted by atomic mass is 9.85. The number of aryl methyl sites for hydroxylation is 2. The van der Waals surface area contributed by atoms with Gasteiger partial charge in [-0.1, -0.05) is 88.9 Å². The maximum atomic E-state index is 14.1. The number of nitrogens with zero attached hydrogens (tertiary/aromatic N) is 7. The van der Waals surface area contributed by atoms with Crippen molar-refractivity contribution in [1.29, 1.82) is 0 Å². The fourth-order valence-corrected chi connectivity index (χ4v) is 10.7. The minimum Gasteiger partial charge on any atom is -0.391 e. The maximum Gasteiger partial charge on any atom is 0.255 e. The van der Waals surface area contributed by atoms with Crippen LogP contribution >= 0.6 is 11.3 Å². The molecule has 2 aliphatic rings. The molecule has 410 valence electrons. The molecule has 17 nitrogen and oxygen atoms in total. The predicted molar refractivity (Wildman–Crippen MR) is 305 cm³/mol. The first-order valence-corrected chi connectivity index (χ1v) is 28.0. The molecule has 6 aromatic rings. The van der Waals surface area contributed by atoms with E-state index < -0.39 is 23.6 Å². The van der Waals surface area contributed by atoms with E-state index in [2.05, 4.69) is 46.1 Å². The average Bonchev–Trinajstić information content (AvgIpc) is 4.07. The van der Waals surface area contributed by atoms with Crippen LogP contribution in [0.4, 0.5) is 17.3 Å². The number of aliphatic hydroxyl groups is 1. The third-order valence-corrected chi connectivity index (χ3v) is 15.4. The summed E-state index contributed by atoms with van der Waals surface area (Å²) in [5.74, 6) is -0.523. The molecule has 1 unspecified atom stereocenters. The van der Waals surface area contributed by atoms with Crippen LogP contribution in [0.1, 0.15) is 111 Å². The van der Waals surface area contributed by atoms with E-state index in [4.69, 9.17) is 0 Å². The zero-order valence-electron chi connectivity index (χ0n) is 45.5. The maximum absolute atomic E-state index is 14.1. The highest BCUT2D eigenvalue weighted by Crippen LogP contribution is 2.30. The third-order valence-electron chi connectivity index (χ3n) is 14.5. The van der Waals surface area contributed by atoms with Gasteiger partial charge >= 0.3 is 0 Å². The molecule has 2 saturated heterocycles. The number of rotatable bonds is 22. The van der Waals surface area contributed by atoms with Crippen LogP contribution in [-0.4, -0.2) is 120 Å². The SMILES string of the molecule is Cc1ccc(NC(=O)c2ccc(CN3CCN(C(=O)CCCCCCCCC(=O)NC(C(=O)N4C[C@H](O)C[C@H]4C(=O)NCc4ccc(-c5scnc5C)cc4)C(C)(C)C)CC3)cc2)cc1Nc1nccc(-c2cccnc2)n1. The van der Waals surface area contributed by atoms with Crippen LogP contribution in [0.25, 0.3) is 21.7 Å². The Balaban J connectivity index is 0.686. The number of β-amino-alcohol motifs (C(OH)–C–C–N with tert-alkyl or cyclic N) is 1. The molecular formula is C60H73N11O6S. The number of aromatic nitrogens is 4. The van der Waals surface area contributed by atoms with Crippen molar-refractivity contribution in [3.8, 4) is 21.7 Å². The van der Waals surface area contributed by atoms with E-state index in [9.17, 15) is 29.1 Å². The molecule has 5 heterocycles. The van der Waals surface area contributed by atoms with E-state index >= 15 is 0 Å². The van der Waals surface area contributed by atoms with Gasteiger partial charge in [0.05, 0.1) is 27.9 Å². The van der Waals surface area contributed by atoms with E-state index in [-0.39, 0.29) is 55.5 Å². The molecule has 0 saturated carbocycles. The van der Waals surface area contributed by atoms with Crippen molar-refractivity contribution in [1.82, 2.24) is 45.3 Å². The summed E-state index contributed by atoms with van der Waals surface area (Å²) in [4.78, 5) is 91.6. The van der Waals surface area contributed by atoms with Crippen molar-refractivity contribution in [3.05, 3.63) is 137 Å². The van der Waals surface area contributed by atoms with Gasteiger partial charge in [0.2, 0.25) is 29.6 Å². The van der Waals surface area contributed by atoms with Crippen LogP contribution in [0.2, 0.25) is 0 Å². The van der Waals surface area contributed by atoms with Gasteiger partial charge in [-0.3, -0.25) is 33.9 Å². The summed E-state index contributed by atoms with van der Waals surface area (Å²) in [6.45, 7) is 13.5. The molecule has 2 aliphatic heterocycles. The Labute approximate surface area is 461 Å². The molecule has 3 aromatic carbocycles. The molecule has 0 spiro atoms. The number of carbonyl (C=O) groups is 5. The summed E-state index contributed by atoms with van der Waals surface area (Å²) in [6, 6.07) is 25.2. The van der Waals surface area contributed by atoms with Crippen LogP contribution < -0.4 is 21.3 Å². The van der Waals surface area contributed by atoms with Gasteiger partial charge in [-0.2, -0.15) is 0 Å². The number of hydrogen-bond acceptors (Lipinski definition) is 13. The molecular weight excluding hydrogens is 1000 g/mol. The van der Waals surface area contributed by atoms with E-state index in [1.807, 2.05) is 130 Å². The molecule has 18 heteroatoms. The van der Waals surface area contributed by atoms with Crippen LogP contribution in [-0.2, 0) is 32.3 Å². The quantitative estimate of drug-likeness (QED) is 0.0403. The molecule has 0 bridgehead atoms. The number of hydrogen-bond donors (Lipinski definition) is 5. The summed E-state index contributed by atoms with van der Waals surface area (Å²) < 4.78 is 0. The van der Waals surface area contributed by atoms with E-state index in [0.717, 1.165) is 102 Å². The highest BCUT2D eigenvalue weighted by molar-refractivity contribution is 7.13. The molecule has 0 radical (unpaired) electrons. The Morgan fingerprint density at radius 1 is 0.795 bits per heavy atom. The number of piperazine rings is 1. The normalized spacial score (nSPS) is 16.1. The number of thiazole rings is 1. The summed E-state index contributed by atoms with van der Waals surface area (Å²) in [5, 5.41) is 22.8. The Kier molecular flexibility index (Phi) is 19.5. The standard InChI is InChI=1S/C60H73N11O6S/c1-40-16-25-47(33-50(40)67-59-62-28-26-49(66-59)46-13-12-27-61-36-46)65-56(75)45-23-19-43(20-24-45)37-69-29-31-70(32-30-69)53(74)15-11-9-7-6-8-10-14-52(73)68-55(60(3,4)5)58(77)71-38-48(72)34-51(71)57(76)63-35-42-17-21-44(22-18-42)54-41(2)64-39-78-54/h12-13,16-28,33,36,39,48,51,55,72H,6-11,14-15,29-32,34-35,37-38H2,1-5H3,(H,63,76)(H,65,75)(H,68,73)(H,62,66,67)/t48-,51+,55?/m1/s1. The lowest BCUT2D eigenvalue weighted by molar-refractivity contribution is -0.144. The highest BCUT2D eigenvalue weighted by atomic mass is 32.1. The minimum atomic E-state index is -0.871. The molecule has 3 aromatic heterocycles. The molecule has 0 aliphatic carbocycles. The number of unbranched alkanes of at least 4 members (excludes halogenated alkanes) is 5. The second-order valence-corrected chi connectivity index (χ2v) is 22.4. The fraction of sp³-hybridized carbons (Fsp3) is 0.417. The number of anilines is 3. The number of aliphatic hydroxyl groups excluding tert-OH is 1. The topological polar surface area (TPSA) is 215 Å². The zero-order chi connectivity index (χ0) is 55.2. The van der Waals surface area contributed by atoms with Crippen molar-refractivity contribution in [2.24, 2.45) is 5.41 Å². The molecule has 2 fully saturated rings. The monoisotopic (exact) mass is 1080 g/mol. The predicted octanol–water partition coefficient (Wildman–Crippen LogP) is 8.85. The Bertz CT molecular complexity index is 2990. The van der Waals surface area contributed by atoms with Crippen LogP contribution in [0.3, 0.4) is 0 Å². The van der Waals surface area contributed by atoms with Crippen LogP contribution in [0.5, 0.6) is 0 Å². The zero-order valence-corrected chi connectivity index (χ0v) is 46.3. The second-order valence-electron chi connectivity index (χ2n) is 21.5. The Morgan fingerprint density at radius 2 is 1.51 bits per heavy atom. The third kappa shape index (κ3) is 15.6. The number of likely N-dealkylation sites (tertiary alicyclic amines) is 1. The van der Waals surface area contributed by atoms with Crippen molar-refractivity contribution in [3.63, 3.8) is 0 Å². The lowest BCUT2D eigenvalue weighted by Gasteiger charge is -2.35. The Morgan fingerprint density at radius 3 is 2.21 bits per heavy atom. The van der Waals surface area contributed by atoms with E-state index in [1.54, 1.807) is 29.9 Å². The number of amides is 5. The van der Waals surface area contributed by atoms with E-state index in [1.165, 1.54) is 4.90 Å². The average molecular weight is 1080 g/mol. The van der Waals surface area contributed by atoms with Crippen molar-refractivity contribution in [2.75, 3.05) is 43.4 Å². The number of pyridine rings is 1. The Hall–Kier alpha value is -7.41. The summed E-state index contributed by atoms with van der Waals surface area (Å²) in [7, 11) is 0. The minimum absolute atomic E-state index is 0.0205. The first kappa shape index (κ1) is 56.8. The number of carbonyl (C=O) groups excluding carboxylic acids is 5. The summed E-state index contributed by atoms with van der Waals surface area (Å²) in [6.07, 6.45) is 10.4. The molecule has 78 heavy (non-hydrogen) atoms. The van der Waals surface area contributed by atoms with Gasteiger partial charge in [-0.05, 0) is 96.8 Å². The lowest BCUT2D eigenvalue weighted by Crippen LogP contribution is -2.57. The van der Waals surface area contributed by atoms with Gasteiger partial charge in [0, 0.05) is 106 Å². The van der Waals surface area contributed by atoms with Gasteiger partial charge in [0.1, 0.15) is 12.1 Å². The van der Waals surface area contributed by atoms with Gasteiger partial charge in [-0.15, -0.1) is 11.3 Å². The van der Waals surface area contributed by atoms with Gasteiger partial charge in [0.25, 0.3) is 5.91 Å². The molecule has 5 N–H and O–H groups in total. The van der Waals surface area contributed by atoms with E-state index in [0.29, 0.717) is 43.1 Å². The fourth-order valence-electron chi connectivity index (χ4n) is 9.87. The highest BCUT2D eigenvalue weighted by Gasteiger charge is 2.44. The summed E-state index contributed by atoms with van der Waals surface area (Å²) >= 11 is 1.58. The van der Waals surface area contributed by atoms with Crippen molar-refractivity contribution >= 4 is 58.2 Å². The van der Waals surface area contributed by atoms with Crippen molar-refractivity contribution < 1.29 is 29.1 Å². The van der Waals surface area contributed by atoms with Crippen LogP contribution in [0, 0.1) is 19.3 Å². The summed E-state index contributed by atoms with van der Waals surface area (Å²) in [5.41, 5.74) is 9.80. The number of benzene rings is 3. The molecule has 3 atom stereocenters. The van der Waals surface area contributed by atoms with Gasteiger partial charge in [0.15, 0.2) is 0 Å². The van der Waals surface area contributed by atoms with Crippen molar-refractivity contribution in [2.45, 2.75) is 124 Å². The van der Waals surface area contributed by atoms with Crippen LogP contribution in [0.15, 0.2) is 109 Å². The smallest absolute Gasteiger partial charge is 0.255 e. The van der Waals surface area contributed by atoms with Gasteiger partial charge in [-0.25, -0.2) is 15.0 Å². The van der Waals surface area contributed by atoms with Gasteiger partial charge < -0.3 is 36.2 Å². The molecule has 8 rings (SSSR count). The largest absolute Gasteiger partial charge is 0.391 e.